The molecule has 1 aliphatic carbocycles. The molecule has 0 spiro atoms. The van der Waals surface area contributed by atoms with Gasteiger partial charge >= 0.3 is 0 Å². The van der Waals surface area contributed by atoms with Gasteiger partial charge in [-0.25, -0.2) is 8.42 Å². The molecule has 3 nitrogen and oxygen atoms in total. The molecule has 0 fully saturated rings. The topological polar surface area (TPSA) is 46.2 Å². The van der Waals surface area contributed by atoms with Crippen molar-refractivity contribution in [2.24, 2.45) is 0 Å². The van der Waals surface area contributed by atoms with Gasteiger partial charge in [0.25, 0.3) is 0 Å². The Balaban J connectivity index is 2.02. The molecule has 0 aromatic carbocycles. The molecular formula is C15H25NO2S2. The van der Waals surface area contributed by atoms with E-state index in [1.807, 2.05) is 11.3 Å². The Morgan fingerprint density at radius 1 is 1.35 bits per heavy atom. The number of hydrogen-bond donors (Lipinski definition) is 1. The molecule has 0 saturated heterocycles. The van der Waals surface area contributed by atoms with Crippen LogP contribution in [-0.2, 0) is 22.7 Å². The normalized spacial score (nSPS) is 17.8. The molecule has 20 heavy (non-hydrogen) atoms. The lowest BCUT2D eigenvalue weighted by Crippen LogP contribution is -2.42. The highest BCUT2D eigenvalue weighted by Crippen LogP contribution is 2.33. The molecule has 2 rings (SSSR count). The largest absolute Gasteiger partial charge is 0.308 e. The summed E-state index contributed by atoms with van der Waals surface area (Å²) in [7, 11) is -3.04. The van der Waals surface area contributed by atoms with Crippen LogP contribution in [0.3, 0.4) is 0 Å². The van der Waals surface area contributed by atoms with Gasteiger partial charge in [0.2, 0.25) is 0 Å². The Bertz CT molecular complexity index is 549. The van der Waals surface area contributed by atoms with E-state index >= 15 is 0 Å². The summed E-state index contributed by atoms with van der Waals surface area (Å²) in [5.41, 5.74) is 1.51. The molecular weight excluding hydrogens is 290 g/mol. The predicted octanol–water partition coefficient (Wildman–Crippen LogP) is 3.10. The highest BCUT2D eigenvalue weighted by Gasteiger charge is 2.30. The zero-order valence-electron chi connectivity index (χ0n) is 12.8. The van der Waals surface area contributed by atoms with Gasteiger partial charge in [-0.15, -0.1) is 11.3 Å². The second-order valence-corrected chi connectivity index (χ2v) is 10.3. The molecule has 1 heterocycles. The first kappa shape index (κ1) is 16.0. The van der Waals surface area contributed by atoms with Gasteiger partial charge < -0.3 is 5.32 Å². The maximum atomic E-state index is 11.7. The van der Waals surface area contributed by atoms with Crippen LogP contribution in [-0.4, -0.2) is 26.0 Å². The van der Waals surface area contributed by atoms with Gasteiger partial charge in [-0.1, -0.05) is 0 Å². The molecule has 0 radical (unpaired) electrons. The van der Waals surface area contributed by atoms with Crippen LogP contribution in [0.2, 0.25) is 0 Å². The van der Waals surface area contributed by atoms with Crippen LogP contribution in [0.5, 0.6) is 0 Å². The van der Waals surface area contributed by atoms with E-state index in [0.717, 1.165) is 0 Å². The fourth-order valence-corrected chi connectivity index (χ4v) is 3.99. The maximum Gasteiger partial charge on any atom is 0.153 e. The summed E-state index contributed by atoms with van der Waals surface area (Å²) in [5.74, 6) is 0. The summed E-state index contributed by atoms with van der Waals surface area (Å²) in [6.45, 7) is 6.16. The first-order valence-electron chi connectivity index (χ1n) is 7.25. The van der Waals surface area contributed by atoms with Crippen molar-refractivity contribution in [2.45, 2.75) is 57.2 Å². The van der Waals surface area contributed by atoms with Crippen molar-refractivity contribution in [1.82, 2.24) is 5.32 Å². The molecule has 1 aliphatic rings. The standard InChI is InChI=1S/C15H25NO2S2/c1-11(16-10-15(2,3)20(4,17)18)14-9-12-7-5-6-8-13(12)19-14/h9,11,16H,5-8,10H2,1-4H3. The maximum absolute atomic E-state index is 11.7. The smallest absolute Gasteiger partial charge is 0.153 e. The predicted molar refractivity (Wildman–Crippen MR) is 86.3 cm³/mol. The quantitative estimate of drug-likeness (QED) is 0.908. The average Bonchev–Trinajstić information content (AvgIpc) is 2.78. The molecule has 1 atom stereocenters. The summed E-state index contributed by atoms with van der Waals surface area (Å²) in [4.78, 5) is 2.86. The molecule has 1 aromatic heterocycles. The second-order valence-electron chi connectivity index (χ2n) is 6.44. The Kier molecular flexibility index (Phi) is 4.62. The van der Waals surface area contributed by atoms with Gasteiger partial charge in [0.05, 0.1) is 4.75 Å². The molecule has 114 valence electrons. The van der Waals surface area contributed by atoms with Crippen molar-refractivity contribution in [2.75, 3.05) is 12.8 Å². The van der Waals surface area contributed by atoms with Gasteiger partial charge in [0.1, 0.15) is 0 Å². The zero-order valence-corrected chi connectivity index (χ0v) is 14.5. The van der Waals surface area contributed by atoms with Crippen molar-refractivity contribution < 1.29 is 8.42 Å². The van der Waals surface area contributed by atoms with Crippen molar-refractivity contribution in [3.63, 3.8) is 0 Å². The highest BCUT2D eigenvalue weighted by molar-refractivity contribution is 7.92. The van der Waals surface area contributed by atoms with Gasteiger partial charge in [0.15, 0.2) is 9.84 Å². The van der Waals surface area contributed by atoms with Crippen molar-refractivity contribution >= 4 is 21.2 Å². The molecule has 5 heteroatoms. The molecule has 0 saturated carbocycles. The number of aryl methyl sites for hydroxylation is 2. The minimum Gasteiger partial charge on any atom is -0.308 e. The number of fused-ring (bicyclic) bond motifs is 1. The van der Waals surface area contributed by atoms with Crippen LogP contribution in [0.15, 0.2) is 6.07 Å². The molecule has 0 aliphatic heterocycles. The lowest BCUT2D eigenvalue weighted by atomic mass is 9.99. The van der Waals surface area contributed by atoms with Crippen molar-refractivity contribution in [3.8, 4) is 0 Å². The fourth-order valence-electron chi connectivity index (χ4n) is 2.36. The van der Waals surface area contributed by atoms with Crippen LogP contribution >= 0.6 is 11.3 Å². The fraction of sp³-hybridized carbons (Fsp3) is 0.733. The molecule has 0 bridgehead atoms. The lowest BCUT2D eigenvalue weighted by molar-refractivity contribution is 0.491. The van der Waals surface area contributed by atoms with Crippen LogP contribution in [0.1, 0.15) is 55.0 Å². The zero-order chi connectivity index (χ0) is 15.0. The summed E-state index contributed by atoms with van der Waals surface area (Å²) in [6, 6.07) is 2.52. The van der Waals surface area contributed by atoms with Crippen LogP contribution in [0.25, 0.3) is 0 Å². The van der Waals surface area contributed by atoms with Gasteiger partial charge in [-0.2, -0.15) is 0 Å². The van der Waals surface area contributed by atoms with Crippen molar-refractivity contribution in [3.05, 3.63) is 21.4 Å². The van der Waals surface area contributed by atoms with E-state index in [2.05, 4.69) is 18.3 Å². The Morgan fingerprint density at radius 2 is 2.00 bits per heavy atom. The van der Waals surface area contributed by atoms with Crippen LogP contribution in [0, 0.1) is 0 Å². The highest BCUT2D eigenvalue weighted by atomic mass is 32.2. The van der Waals surface area contributed by atoms with E-state index in [-0.39, 0.29) is 6.04 Å². The number of hydrogen-bond acceptors (Lipinski definition) is 4. The van der Waals surface area contributed by atoms with Gasteiger partial charge in [-0.05, 0) is 58.1 Å². The number of nitrogens with one attached hydrogen (secondary N) is 1. The second kappa shape index (κ2) is 5.78. The lowest BCUT2D eigenvalue weighted by Gasteiger charge is -2.25. The third-order valence-electron chi connectivity index (χ3n) is 4.28. The van der Waals surface area contributed by atoms with Crippen LogP contribution < -0.4 is 5.32 Å². The summed E-state index contributed by atoms with van der Waals surface area (Å²) in [6.07, 6.45) is 6.32. The summed E-state index contributed by atoms with van der Waals surface area (Å²) >= 11 is 1.89. The molecule has 0 amide bonds. The molecule has 1 aromatic rings. The summed E-state index contributed by atoms with van der Waals surface area (Å²) in [5, 5.41) is 3.39. The van der Waals surface area contributed by atoms with E-state index < -0.39 is 14.6 Å². The minimum atomic E-state index is -3.04. The Hall–Kier alpha value is -0.390. The SMILES string of the molecule is CC(NCC(C)(C)S(C)(=O)=O)c1cc2c(s1)CCCC2. The van der Waals surface area contributed by atoms with Gasteiger partial charge in [-0.3, -0.25) is 0 Å². The van der Waals surface area contributed by atoms with Gasteiger partial charge in [0, 0.05) is 28.6 Å². The third kappa shape index (κ3) is 3.43. The van der Waals surface area contributed by atoms with Crippen molar-refractivity contribution in [1.29, 1.82) is 0 Å². The molecule has 1 N–H and O–H groups in total. The monoisotopic (exact) mass is 315 g/mol. The Labute approximate surface area is 126 Å². The third-order valence-corrected chi connectivity index (χ3v) is 7.85. The first-order valence-corrected chi connectivity index (χ1v) is 9.96. The first-order chi connectivity index (χ1) is 9.21. The van der Waals surface area contributed by atoms with E-state index in [4.69, 9.17) is 0 Å². The minimum absolute atomic E-state index is 0.214. The Morgan fingerprint density at radius 3 is 2.60 bits per heavy atom. The summed E-state index contributed by atoms with van der Waals surface area (Å²) < 4.78 is 22.7. The van der Waals surface area contributed by atoms with Crippen LogP contribution in [0.4, 0.5) is 0 Å². The number of rotatable bonds is 5. The van der Waals surface area contributed by atoms with E-state index in [0.29, 0.717) is 6.54 Å². The molecule has 1 unspecified atom stereocenters. The van der Waals surface area contributed by atoms with E-state index in [9.17, 15) is 8.42 Å². The number of sulfone groups is 1. The average molecular weight is 316 g/mol. The van der Waals surface area contributed by atoms with E-state index in [1.165, 1.54) is 47.3 Å². The number of thiophene rings is 1. The van der Waals surface area contributed by atoms with E-state index in [1.54, 1.807) is 13.8 Å².